The number of aromatic nitrogens is 1. The Morgan fingerprint density at radius 2 is 2.00 bits per heavy atom. The molecule has 0 spiro atoms. The molecular weight excluding hydrogens is 260 g/mol. The molecule has 0 saturated carbocycles. The normalized spacial score (nSPS) is 22.6. The highest BCUT2D eigenvalue weighted by molar-refractivity contribution is 5.35. The maximum absolute atomic E-state index is 11.0. The maximum atomic E-state index is 11.0. The molecule has 1 aromatic carbocycles. The van der Waals surface area contributed by atoms with Gasteiger partial charge in [-0.25, -0.2) is 0 Å². The third kappa shape index (κ3) is 2.99. The molecule has 0 radical (unpaired) electrons. The molecule has 0 fully saturated rings. The van der Waals surface area contributed by atoms with Crippen molar-refractivity contribution in [2.75, 3.05) is 6.54 Å². The Kier molecular flexibility index (Phi) is 4.04. The van der Waals surface area contributed by atoms with Crippen LogP contribution in [0, 0.1) is 0 Å². The smallest absolute Gasteiger partial charge is 0.102 e. The van der Waals surface area contributed by atoms with Crippen LogP contribution in [0.3, 0.4) is 0 Å². The van der Waals surface area contributed by atoms with Crippen molar-refractivity contribution >= 4 is 0 Å². The van der Waals surface area contributed by atoms with Gasteiger partial charge in [-0.15, -0.1) is 0 Å². The summed E-state index contributed by atoms with van der Waals surface area (Å²) in [4.78, 5) is 4.04. The number of rotatable bonds is 4. The molecular formula is C18H22N2O. The number of fused-ring (bicyclic) bond motifs is 1. The minimum Gasteiger partial charge on any atom is -0.384 e. The Balaban J connectivity index is 1.73. The fourth-order valence-electron chi connectivity index (χ4n) is 3.17. The van der Waals surface area contributed by atoms with Crippen LogP contribution in [0.5, 0.6) is 0 Å². The van der Waals surface area contributed by atoms with Gasteiger partial charge in [-0.05, 0) is 55.0 Å². The number of aryl methyl sites for hydroxylation is 1. The summed E-state index contributed by atoms with van der Waals surface area (Å²) in [7, 11) is 0. The summed E-state index contributed by atoms with van der Waals surface area (Å²) in [6, 6.07) is 12.5. The van der Waals surface area contributed by atoms with Gasteiger partial charge in [0.15, 0.2) is 0 Å². The van der Waals surface area contributed by atoms with Gasteiger partial charge in [0.25, 0.3) is 0 Å². The second-order valence-corrected chi connectivity index (χ2v) is 5.93. The van der Waals surface area contributed by atoms with E-state index in [1.165, 1.54) is 11.1 Å². The van der Waals surface area contributed by atoms with Crippen molar-refractivity contribution in [1.82, 2.24) is 10.3 Å². The van der Waals surface area contributed by atoms with Crippen LogP contribution < -0.4 is 5.32 Å². The Morgan fingerprint density at radius 1 is 1.24 bits per heavy atom. The highest BCUT2D eigenvalue weighted by Crippen LogP contribution is 2.35. The number of pyridine rings is 1. The first-order valence-corrected chi connectivity index (χ1v) is 7.63. The van der Waals surface area contributed by atoms with E-state index < -0.39 is 5.60 Å². The quantitative estimate of drug-likeness (QED) is 0.906. The van der Waals surface area contributed by atoms with E-state index in [4.69, 9.17) is 0 Å². The molecule has 21 heavy (non-hydrogen) atoms. The molecule has 0 unspecified atom stereocenters. The highest BCUT2D eigenvalue weighted by Gasteiger charge is 2.34. The lowest BCUT2D eigenvalue weighted by molar-refractivity contribution is 0.0170. The summed E-state index contributed by atoms with van der Waals surface area (Å²) in [5, 5.41) is 14.5. The van der Waals surface area contributed by atoms with Gasteiger partial charge < -0.3 is 10.4 Å². The minimum atomic E-state index is -0.754. The molecule has 1 aromatic heterocycles. The van der Waals surface area contributed by atoms with Crippen molar-refractivity contribution in [3.63, 3.8) is 0 Å². The average Bonchev–Trinajstić information content (AvgIpc) is 2.54. The van der Waals surface area contributed by atoms with Gasteiger partial charge in [-0.3, -0.25) is 4.98 Å². The van der Waals surface area contributed by atoms with Crippen molar-refractivity contribution in [3.8, 4) is 0 Å². The number of benzene rings is 1. The van der Waals surface area contributed by atoms with Gasteiger partial charge in [0.05, 0.1) is 0 Å². The van der Waals surface area contributed by atoms with Gasteiger partial charge in [0.1, 0.15) is 5.60 Å². The molecule has 1 aliphatic carbocycles. The predicted octanol–water partition coefficient (Wildman–Crippen LogP) is 2.96. The van der Waals surface area contributed by atoms with E-state index in [1.807, 2.05) is 18.2 Å². The second-order valence-electron chi connectivity index (χ2n) is 5.93. The SMILES string of the molecule is C[C@@H](NC[C@]1(O)CCCc2ccccc21)c1ccncc1. The van der Waals surface area contributed by atoms with Crippen molar-refractivity contribution < 1.29 is 5.11 Å². The zero-order valence-corrected chi connectivity index (χ0v) is 12.4. The summed E-state index contributed by atoms with van der Waals surface area (Å²) in [6.07, 6.45) is 6.54. The van der Waals surface area contributed by atoms with E-state index >= 15 is 0 Å². The average molecular weight is 282 g/mol. The van der Waals surface area contributed by atoms with Gasteiger partial charge in [-0.1, -0.05) is 24.3 Å². The Bertz CT molecular complexity index is 599. The van der Waals surface area contributed by atoms with Gasteiger partial charge in [0, 0.05) is 25.0 Å². The van der Waals surface area contributed by atoms with Crippen LogP contribution in [0.25, 0.3) is 0 Å². The molecule has 3 nitrogen and oxygen atoms in total. The molecule has 3 heteroatoms. The predicted molar refractivity (Wildman–Crippen MR) is 83.9 cm³/mol. The fourth-order valence-corrected chi connectivity index (χ4v) is 3.17. The summed E-state index contributed by atoms with van der Waals surface area (Å²) in [6.45, 7) is 2.70. The van der Waals surface area contributed by atoms with E-state index in [1.54, 1.807) is 12.4 Å². The first-order chi connectivity index (χ1) is 10.2. The molecule has 0 aliphatic heterocycles. The first-order valence-electron chi connectivity index (χ1n) is 7.63. The molecule has 1 aliphatic rings. The Hall–Kier alpha value is -1.71. The molecule has 2 N–H and O–H groups in total. The van der Waals surface area contributed by atoms with Gasteiger partial charge >= 0.3 is 0 Å². The van der Waals surface area contributed by atoms with Crippen LogP contribution in [0.15, 0.2) is 48.8 Å². The number of nitrogens with zero attached hydrogens (tertiary/aromatic N) is 1. The van der Waals surface area contributed by atoms with Crippen molar-refractivity contribution in [1.29, 1.82) is 0 Å². The number of aliphatic hydroxyl groups is 1. The molecule has 2 aromatic rings. The van der Waals surface area contributed by atoms with Crippen LogP contribution in [0.2, 0.25) is 0 Å². The lowest BCUT2D eigenvalue weighted by Gasteiger charge is -2.35. The minimum absolute atomic E-state index is 0.200. The van der Waals surface area contributed by atoms with Gasteiger partial charge in [-0.2, -0.15) is 0 Å². The largest absolute Gasteiger partial charge is 0.384 e. The van der Waals surface area contributed by atoms with E-state index in [-0.39, 0.29) is 6.04 Å². The molecule has 110 valence electrons. The van der Waals surface area contributed by atoms with Crippen molar-refractivity contribution in [2.45, 2.75) is 37.8 Å². The van der Waals surface area contributed by atoms with Crippen LogP contribution in [0.1, 0.15) is 42.5 Å². The summed E-state index contributed by atoms with van der Waals surface area (Å²) in [5.41, 5.74) is 2.81. The highest BCUT2D eigenvalue weighted by atomic mass is 16.3. The lowest BCUT2D eigenvalue weighted by Crippen LogP contribution is -2.41. The number of nitrogens with one attached hydrogen (secondary N) is 1. The number of hydrogen-bond acceptors (Lipinski definition) is 3. The third-order valence-electron chi connectivity index (χ3n) is 4.46. The number of hydrogen-bond donors (Lipinski definition) is 2. The molecule has 0 amide bonds. The topological polar surface area (TPSA) is 45.1 Å². The maximum Gasteiger partial charge on any atom is 0.102 e. The van der Waals surface area contributed by atoms with E-state index in [0.29, 0.717) is 6.54 Å². The molecule has 0 bridgehead atoms. The van der Waals surface area contributed by atoms with Crippen molar-refractivity contribution in [3.05, 3.63) is 65.5 Å². The monoisotopic (exact) mass is 282 g/mol. The van der Waals surface area contributed by atoms with Gasteiger partial charge in [0.2, 0.25) is 0 Å². The van der Waals surface area contributed by atoms with Crippen molar-refractivity contribution in [2.24, 2.45) is 0 Å². The van der Waals surface area contributed by atoms with Crippen LogP contribution >= 0.6 is 0 Å². The molecule has 1 heterocycles. The van der Waals surface area contributed by atoms with E-state index in [9.17, 15) is 5.11 Å². The van der Waals surface area contributed by atoms with E-state index in [0.717, 1.165) is 24.8 Å². The first kappa shape index (κ1) is 14.2. The Labute approximate surface area is 126 Å². The standard InChI is InChI=1S/C18H22N2O/c1-14(15-8-11-19-12-9-15)20-13-18(21)10-4-6-16-5-2-3-7-17(16)18/h2-3,5,7-9,11-12,14,20-21H,4,6,10,13H2,1H3/t14-,18-/m1/s1. The molecule has 2 atom stereocenters. The third-order valence-corrected chi connectivity index (χ3v) is 4.46. The zero-order valence-electron chi connectivity index (χ0n) is 12.4. The zero-order chi connectivity index (χ0) is 14.7. The summed E-state index contributed by atoms with van der Waals surface area (Å²) >= 11 is 0. The lowest BCUT2D eigenvalue weighted by atomic mass is 9.79. The van der Waals surface area contributed by atoms with Crippen LogP contribution in [-0.4, -0.2) is 16.6 Å². The Morgan fingerprint density at radius 3 is 2.81 bits per heavy atom. The molecule has 0 saturated heterocycles. The van der Waals surface area contributed by atoms with Crippen LogP contribution in [0.4, 0.5) is 0 Å². The summed E-state index contributed by atoms with van der Waals surface area (Å²) < 4.78 is 0. The molecule has 3 rings (SSSR count). The summed E-state index contributed by atoms with van der Waals surface area (Å²) in [5.74, 6) is 0. The second kappa shape index (κ2) is 5.96. The van der Waals surface area contributed by atoms with E-state index in [2.05, 4.69) is 35.4 Å². The van der Waals surface area contributed by atoms with Crippen LogP contribution in [-0.2, 0) is 12.0 Å². The fraction of sp³-hybridized carbons (Fsp3) is 0.389.